The van der Waals surface area contributed by atoms with Gasteiger partial charge in [-0.3, -0.25) is 4.79 Å². The molecule has 7 heteroatoms. The molecule has 0 spiro atoms. The largest absolute Gasteiger partial charge is 0.507 e. The van der Waals surface area contributed by atoms with Crippen LogP contribution >= 0.6 is 47.8 Å². The van der Waals surface area contributed by atoms with Crippen molar-refractivity contribution < 1.29 is 9.90 Å². The lowest BCUT2D eigenvalue weighted by Crippen LogP contribution is -2.19. The molecule has 0 aromatic heterocycles. The Kier molecular flexibility index (Phi) is 5.77. The van der Waals surface area contributed by atoms with Crippen LogP contribution in [-0.2, 0) is 0 Å². The second-order valence-corrected chi connectivity index (χ2v) is 7.11. The second kappa shape index (κ2) is 7.39. The zero-order valence-corrected chi connectivity index (χ0v) is 16.2. The minimum atomic E-state index is -0.345. The Morgan fingerprint density at radius 2 is 1.64 bits per heavy atom. The Morgan fingerprint density at radius 1 is 1.05 bits per heavy atom. The first kappa shape index (κ1) is 17.2. The molecule has 0 saturated heterocycles. The molecular weight excluding hydrogens is 480 g/mol. The van der Waals surface area contributed by atoms with E-state index in [1.165, 1.54) is 0 Å². The van der Waals surface area contributed by atoms with Gasteiger partial charge in [0.05, 0.1) is 11.3 Å². The Labute approximate surface area is 153 Å². The molecule has 0 radical (unpaired) electrons. The van der Waals surface area contributed by atoms with Crippen molar-refractivity contribution in [3.8, 4) is 5.75 Å². The van der Waals surface area contributed by atoms with Crippen LogP contribution in [0.5, 0.6) is 5.75 Å². The number of nitrogens with zero attached hydrogens (tertiary/aromatic N) is 1. The third-order valence-corrected chi connectivity index (χ3v) is 4.52. The molecule has 2 N–H and O–H groups in total. The van der Waals surface area contributed by atoms with Crippen LogP contribution in [0.3, 0.4) is 0 Å². The summed E-state index contributed by atoms with van der Waals surface area (Å²) in [4.78, 5) is 12.2. The summed E-state index contributed by atoms with van der Waals surface area (Å²) in [5.41, 5.74) is 3.99. The lowest BCUT2D eigenvalue weighted by Gasteiger charge is -2.07. The zero-order valence-electron chi connectivity index (χ0n) is 11.4. The maximum Gasteiger partial charge on any atom is 0.272 e. The van der Waals surface area contributed by atoms with Gasteiger partial charge in [-0.25, -0.2) is 5.43 Å². The van der Waals surface area contributed by atoms with Crippen LogP contribution in [0.15, 0.2) is 54.9 Å². The molecule has 0 aliphatic rings. The average Bonchev–Trinajstić information content (AvgIpc) is 2.49. The SMILES string of the molecule is C/C(=N\NC(=O)c1cc(Br)ccc1Br)c1cc(Br)ccc1O. The lowest BCUT2D eigenvalue weighted by molar-refractivity contribution is 0.0954. The molecule has 0 saturated carbocycles. The van der Waals surface area contributed by atoms with Gasteiger partial charge in [-0.05, 0) is 59.3 Å². The van der Waals surface area contributed by atoms with E-state index in [1.54, 1.807) is 37.3 Å². The number of carbonyl (C=O) groups excluding carboxylic acids is 1. The highest BCUT2D eigenvalue weighted by atomic mass is 79.9. The number of aromatic hydroxyl groups is 1. The Balaban J connectivity index is 2.22. The summed E-state index contributed by atoms with van der Waals surface area (Å²) in [5.74, 6) is -0.246. The number of hydrazone groups is 1. The number of halogens is 3. The van der Waals surface area contributed by atoms with Gasteiger partial charge in [0.2, 0.25) is 0 Å². The van der Waals surface area contributed by atoms with Crippen molar-refractivity contribution in [3.05, 3.63) is 60.9 Å². The second-order valence-electron chi connectivity index (χ2n) is 4.42. The first-order valence-electron chi connectivity index (χ1n) is 6.17. The Bertz CT molecular complexity index is 760. The Morgan fingerprint density at radius 3 is 2.32 bits per heavy atom. The standard InChI is InChI=1S/C15H11Br3N2O2/c1-8(11-6-10(17)3-5-14(11)21)19-20-15(22)12-7-9(16)2-4-13(12)18/h2-7,21H,1H3,(H,20,22)/b19-8+. The molecular formula is C15H11Br3N2O2. The van der Waals surface area contributed by atoms with Gasteiger partial charge in [-0.2, -0.15) is 5.10 Å². The van der Waals surface area contributed by atoms with E-state index in [9.17, 15) is 9.90 Å². The Hall–Kier alpha value is -1.18. The number of amides is 1. The summed E-state index contributed by atoms with van der Waals surface area (Å²) in [6, 6.07) is 10.3. The minimum Gasteiger partial charge on any atom is -0.507 e. The van der Waals surface area contributed by atoms with E-state index in [1.807, 2.05) is 6.07 Å². The molecule has 0 heterocycles. The molecule has 0 aliphatic carbocycles. The third kappa shape index (κ3) is 4.18. The number of hydrogen-bond donors (Lipinski definition) is 2. The van der Waals surface area contributed by atoms with Gasteiger partial charge in [-0.15, -0.1) is 0 Å². The predicted molar refractivity (Wildman–Crippen MR) is 97.3 cm³/mol. The zero-order chi connectivity index (χ0) is 16.3. The number of carbonyl (C=O) groups is 1. The fraction of sp³-hybridized carbons (Fsp3) is 0.0667. The van der Waals surface area contributed by atoms with Gasteiger partial charge in [0.1, 0.15) is 5.75 Å². The molecule has 1 amide bonds. The normalized spacial score (nSPS) is 11.4. The van der Waals surface area contributed by atoms with Crippen molar-refractivity contribution >= 4 is 59.4 Å². The first-order chi connectivity index (χ1) is 10.4. The van der Waals surface area contributed by atoms with Gasteiger partial charge in [0.25, 0.3) is 5.91 Å². The molecule has 2 aromatic rings. The predicted octanol–water partition coefficient (Wildman–Crippen LogP) is 4.83. The molecule has 0 atom stereocenters. The van der Waals surface area contributed by atoms with Crippen LogP contribution in [0.1, 0.15) is 22.8 Å². The van der Waals surface area contributed by atoms with Crippen molar-refractivity contribution in [2.75, 3.05) is 0 Å². The monoisotopic (exact) mass is 488 g/mol. The maximum absolute atomic E-state index is 12.2. The molecule has 0 aliphatic heterocycles. The van der Waals surface area contributed by atoms with E-state index in [2.05, 4.69) is 58.3 Å². The molecule has 114 valence electrons. The van der Waals surface area contributed by atoms with E-state index in [-0.39, 0.29) is 11.7 Å². The maximum atomic E-state index is 12.2. The van der Waals surface area contributed by atoms with Crippen LogP contribution in [-0.4, -0.2) is 16.7 Å². The topological polar surface area (TPSA) is 61.7 Å². The number of hydrogen-bond acceptors (Lipinski definition) is 3. The quantitative estimate of drug-likeness (QED) is 0.478. The van der Waals surface area contributed by atoms with Crippen molar-refractivity contribution in [2.24, 2.45) is 5.10 Å². The molecule has 0 bridgehead atoms. The number of rotatable bonds is 3. The van der Waals surface area contributed by atoms with E-state index in [0.717, 1.165) is 8.95 Å². The molecule has 0 unspecified atom stereocenters. The minimum absolute atomic E-state index is 0.0994. The molecule has 22 heavy (non-hydrogen) atoms. The highest BCUT2D eigenvalue weighted by Crippen LogP contribution is 2.23. The van der Waals surface area contributed by atoms with Crippen LogP contribution < -0.4 is 5.43 Å². The number of phenols is 1. The summed E-state index contributed by atoms with van der Waals surface area (Å²) in [5, 5.41) is 13.9. The van der Waals surface area contributed by atoms with Gasteiger partial charge in [-0.1, -0.05) is 31.9 Å². The first-order valence-corrected chi connectivity index (χ1v) is 8.55. The molecule has 4 nitrogen and oxygen atoms in total. The number of benzene rings is 2. The van der Waals surface area contributed by atoms with Gasteiger partial charge < -0.3 is 5.11 Å². The van der Waals surface area contributed by atoms with E-state index in [4.69, 9.17) is 0 Å². The van der Waals surface area contributed by atoms with Crippen LogP contribution in [0, 0.1) is 0 Å². The summed E-state index contributed by atoms with van der Waals surface area (Å²) >= 11 is 9.99. The molecule has 2 rings (SSSR count). The highest BCUT2D eigenvalue weighted by Gasteiger charge is 2.11. The molecule has 0 fully saturated rings. The number of nitrogens with one attached hydrogen (secondary N) is 1. The van der Waals surface area contributed by atoms with E-state index in [0.29, 0.717) is 21.3 Å². The van der Waals surface area contributed by atoms with Crippen LogP contribution in [0.4, 0.5) is 0 Å². The van der Waals surface area contributed by atoms with Crippen molar-refractivity contribution in [3.63, 3.8) is 0 Å². The van der Waals surface area contributed by atoms with Gasteiger partial charge in [0, 0.05) is 19.0 Å². The van der Waals surface area contributed by atoms with Crippen molar-refractivity contribution in [1.82, 2.24) is 5.43 Å². The summed E-state index contributed by atoms with van der Waals surface area (Å²) < 4.78 is 2.29. The van der Waals surface area contributed by atoms with Gasteiger partial charge >= 0.3 is 0 Å². The lowest BCUT2D eigenvalue weighted by atomic mass is 10.1. The molecule has 2 aromatic carbocycles. The van der Waals surface area contributed by atoms with Crippen LogP contribution in [0.2, 0.25) is 0 Å². The number of phenolic OH excluding ortho intramolecular Hbond substituents is 1. The van der Waals surface area contributed by atoms with Crippen molar-refractivity contribution in [2.45, 2.75) is 6.92 Å². The van der Waals surface area contributed by atoms with E-state index >= 15 is 0 Å². The van der Waals surface area contributed by atoms with E-state index < -0.39 is 0 Å². The van der Waals surface area contributed by atoms with Gasteiger partial charge in [0.15, 0.2) is 0 Å². The van der Waals surface area contributed by atoms with Crippen molar-refractivity contribution in [1.29, 1.82) is 0 Å². The highest BCUT2D eigenvalue weighted by molar-refractivity contribution is 9.11. The fourth-order valence-corrected chi connectivity index (χ4v) is 2.87. The van der Waals surface area contributed by atoms with Crippen LogP contribution in [0.25, 0.3) is 0 Å². The third-order valence-electron chi connectivity index (χ3n) is 2.85. The summed E-state index contributed by atoms with van der Waals surface area (Å²) in [6.07, 6.45) is 0. The summed E-state index contributed by atoms with van der Waals surface area (Å²) in [6.45, 7) is 1.71. The average molecular weight is 491 g/mol. The smallest absolute Gasteiger partial charge is 0.272 e. The summed E-state index contributed by atoms with van der Waals surface area (Å²) in [7, 11) is 0. The fourth-order valence-electron chi connectivity index (χ4n) is 1.72.